The third kappa shape index (κ3) is 4.93. The van der Waals surface area contributed by atoms with Crippen molar-refractivity contribution in [2.45, 2.75) is 26.1 Å². The predicted octanol–water partition coefficient (Wildman–Crippen LogP) is 3.01. The number of rotatable bonds is 5. The number of benzene rings is 1. The van der Waals surface area contributed by atoms with Gasteiger partial charge in [-0.3, -0.25) is 4.90 Å². The summed E-state index contributed by atoms with van der Waals surface area (Å²) in [7, 11) is 0. The molecule has 0 spiro atoms. The highest BCUT2D eigenvalue weighted by molar-refractivity contribution is 5.28. The Kier molecular flexibility index (Phi) is 6.06. The average molecular weight is 330 g/mol. The van der Waals surface area contributed by atoms with Gasteiger partial charge in [0.05, 0.1) is 18.2 Å². The van der Waals surface area contributed by atoms with Crippen LogP contribution >= 0.6 is 0 Å². The Morgan fingerprint density at radius 3 is 2.30 bits per heavy atom. The van der Waals surface area contributed by atoms with Crippen LogP contribution in [0.25, 0.3) is 0 Å². The van der Waals surface area contributed by atoms with Crippen LogP contribution in [0.2, 0.25) is 0 Å². The zero-order valence-corrected chi connectivity index (χ0v) is 13.7. The molecule has 0 radical (unpaired) electrons. The number of hydrogen-bond donors (Lipinski definition) is 1. The molecule has 1 atom stereocenters. The van der Waals surface area contributed by atoms with Gasteiger partial charge in [-0.25, -0.2) is 0 Å². The number of piperazine rings is 1. The van der Waals surface area contributed by atoms with E-state index in [4.69, 9.17) is 0 Å². The molecule has 3 nitrogen and oxygen atoms in total. The van der Waals surface area contributed by atoms with E-state index < -0.39 is 11.7 Å². The second-order valence-corrected chi connectivity index (χ2v) is 6.55. The van der Waals surface area contributed by atoms with Crippen LogP contribution in [0, 0.1) is 5.92 Å². The van der Waals surface area contributed by atoms with Crippen LogP contribution in [0.4, 0.5) is 13.2 Å². The molecule has 1 fully saturated rings. The largest absolute Gasteiger partial charge is 0.416 e. The average Bonchev–Trinajstić information content (AvgIpc) is 2.49. The number of alkyl halides is 3. The van der Waals surface area contributed by atoms with Gasteiger partial charge in [0, 0.05) is 32.7 Å². The lowest BCUT2D eigenvalue weighted by Crippen LogP contribution is -2.49. The maximum absolute atomic E-state index is 12.9. The molecule has 0 aliphatic carbocycles. The lowest BCUT2D eigenvalue weighted by atomic mass is 10.0. The summed E-state index contributed by atoms with van der Waals surface area (Å²) < 4.78 is 38.6. The molecular weight excluding hydrogens is 305 g/mol. The van der Waals surface area contributed by atoms with E-state index in [1.165, 1.54) is 6.07 Å². The van der Waals surface area contributed by atoms with Crippen molar-refractivity contribution in [3.05, 3.63) is 35.4 Å². The fraction of sp³-hybridized carbons (Fsp3) is 0.647. The van der Waals surface area contributed by atoms with Gasteiger partial charge < -0.3 is 10.0 Å². The molecule has 1 aromatic rings. The summed E-state index contributed by atoms with van der Waals surface area (Å²) in [4.78, 5) is 4.44. The first-order chi connectivity index (χ1) is 10.8. The van der Waals surface area contributed by atoms with Crippen molar-refractivity contribution < 1.29 is 18.3 Å². The minimum absolute atomic E-state index is 0.175. The van der Waals surface area contributed by atoms with E-state index >= 15 is 0 Å². The van der Waals surface area contributed by atoms with Crippen LogP contribution in [0.1, 0.15) is 31.0 Å². The van der Waals surface area contributed by atoms with Crippen LogP contribution in [0.15, 0.2) is 24.3 Å². The van der Waals surface area contributed by atoms with E-state index in [9.17, 15) is 18.3 Å². The summed E-state index contributed by atoms with van der Waals surface area (Å²) in [6, 6.07) is 4.92. The Balaban J connectivity index is 2.06. The van der Waals surface area contributed by atoms with Crippen LogP contribution in [-0.2, 0) is 6.18 Å². The van der Waals surface area contributed by atoms with Gasteiger partial charge in [-0.05, 0) is 23.6 Å². The molecule has 0 bridgehead atoms. The SMILES string of the molecule is CC(C)CN1CCN(C(CO)c2cccc(C(F)(F)F)c2)CC1. The molecule has 6 heteroatoms. The summed E-state index contributed by atoms with van der Waals surface area (Å²) in [5.41, 5.74) is -0.133. The first-order valence-electron chi connectivity index (χ1n) is 8.05. The molecule has 130 valence electrons. The minimum atomic E-state index is -4.36. The minimum Gasteiger partial charge on any atom is -0.394 e. The Labute approximate surface area is 135 Å². The lowest BCUT2D eigenvalue weighted by molar-refractivity contribution is -0.137. The fourth-order valence-electron chi connectivity index (χ4n) is 3.13. The molecule has 0 amide bonds. The predicted molar refractivity (Wildman–Crippen MR) is 84.1 cm³/mol. The first-order valence-corrected chi connectivity index (χ1v) is 8.05. The molecule has 1 heterocycles. The Morgan fingerprint density at radius 1 is 1.13 bits per heavy atom. The second kappa shape index (κ2) is 7.64. The van der Waals surface area contributed by atoms with Crippen molar-refractivity contribution >= 4 is 0 Å². The topological polar surface area (TPSA) is 26.7 Å². The van der Waals surface area contributed by atoms with E-state index in [1.807, 2.05) is 0 Å². The molecule has 0 aromatic heterocycles. The molecule has 0 saturated carbocycles. The van der Waals surface area contributed by atoms with Crippen molar-refractivity contribution in [3.8, 4) is 0 Å². The molecule has 1 unspecified atom stereocenters. The molecule has 1 aliphatic heterocycles. The number of hydrogen-bond acceptors (Lipinski definition) is 3. The number of halogens is 3. The zero-order chi connectivity index (χ0) is 17.0. The third-order valence-electron chi connectivity index (χ3n) is 4.24. The summed E-state index contributed by atoms with van der Waals surface area (Å²) in [6.07, 6.45) is -4.36. The fourth-order valence-corrected chi connectivity index (χ4v) is 3.13. The smallest absolute Gasteiger partial charge is 0.394 e. The molecule has 23 heavy (non-hydrogen) atoms. The summed E-state index contributed by atoms with van der Waals surface area (Å²) >= 11 is 0. The van der Waals surface area contributed by atoms with Gasteiger partial charge in [0.15, 0.2) is 0 Å². The van der Waals surface area contributed by atoms with Gasteiger partial charge in [0.2, 0.25) is 0 Å². The quantitative estimate of drug-likeness (QED) is 0.899. The van der Waals surface area contributed by atoms with Crippen molar-refractivity contribution in [3.63, 3.8) is 0 Å². The van der Waals surface area contributed by atoms with Crippen LogP contribution < -0.4 is 0 Å². The monoisotopic (exact) mass is 330 g/mol. The van der Waals surface area contributed by atoms with Gasteiger partial charge in [-0.15, -0.1) is 0 Å². The highest BCUT2D eigenvalue weighted by Gasteiger charge is 2.32. The molecule has 1 aliphatic rings. The van der Waals surface area contributed by atoms with Crippen LogP contribution in [0.3, 0.4) is 0 Å². The maximum Gasteiger partial charge on any atom is 0.416 e. The number of nitrogens with zero attached hydrogens (tertiary/aromatic N) is 2. The summed E-state index contributed by atoms with van der Waals surface area (Å²) in [6.45, 7) is 8.48. The molecular formula is C17H25F3N2O. The Bertz CT molecular complexity index is 497. The van der Waals surface area contributed by atoms with E-state index in [0.717, 1.165) is 44.9 Å². The summed E-state index contributed by atoms with van der Waals surface area (Å²) in [5.74, 6) is 0.596. The molecule has 1 saturated heterocycles. The van der Waals surface area contributed by atoms with Crippen molar-refractivity contribution in [2.24, 2.45) is 5.92 Å². The van der Waals surface area contributed by atoms with E-state index in [-0.39, 0.29) is 12.6 Å². The van der Waals surface area contributed by atoms with Crippen molar-refractivity contribution in [1.29, 1.82) is 0 Å². The van der Waals surface area contributed by atoms with Gasteiger partial charge >= 0.3 is 6.18 Å². The Morgan fingerprint density at radius 2 is 1.78 bits per heavy atom. The summed E-state index contributed by atoms with van der Waals surface area (Å²) in [5, 5.41) is 9.70. The Hall–Kier alpha value is -1.11. The van der Waals surface area contributed by atoms with E-state index in [0.29, 0.717) is 11.5 Å². The highest BCUT2D eigenvalue weighted by Crippen LogP contribution is 2.32. The van der Waals surface area contributed by atoms with Crippen molar-refractivity contribution in [1.82, 2.24) is 9.80 Å². The zero-order valence-electron chi connectivity index (χ0n) is 13.7. The van der Waals surface area contributed by atoms with Crippen molar-refractivity contribution in [2.75, 3.05) is 39.3 Å². The number of aliphatic hydroxyl groups excluding tert-OH is 1. The van der Waals surface area contributed by atoms with Gasteiger partial charge in [0.1, 0.15) is 0 Å². The molecule has 1 N–H and O–H groups in total. The molecule has 2 rings (SSSR count). The number of aliphatic hydroxyl groups is 1. The third-order valence-corrected chi connectivity index (χ3v) is 4.24. The van der Waals surface area contributed by atoms with E-state index in [1.54, 1.807) is 6.07 Å². The maximum atomic E-state index is 12.9. The van der Waals surface area contributed by atoms with Gasteiger partial charge in [0.25, 0.3) is 0 Å². The normalized spacial score (nSPS) is 19.3. The van der Waals surface area contributed by atoms with Gasteiger partial charge in [-0.2, -0.15) is 13.2 Å². The van der Waals surface area contributed by atoms with E-state index in [2.05, 4.69) is 23.6 Å². The van der Waals surface area contributed by atoms with Crippen LogP contribution in [-0.4, -0.2) is 54.2 Å². The van der Waals surface area contributed by atoms with Crippen LogP contribution in [0.5, 0.6) is 0 Å². The highest BCUT2D eigenvalue weighted by atomic mass is 19.4. The second-order valence-electron chi connectivity index (χ2n) is 6.55. The van der Waals surface area contributed by atoms with Gasteiger partial charge in [-0.1, -0.05) is 26.0 Å². The lowest BCUT2D eigenvalue weighted by Gasteiger charge is -2.39. The first kappa shape index (κ1) is 18.2. The standard InChI is InChI=1S/C17H25F3N2O/c1-13(2)11-21-6-8-22(9-7-21)16(12-23)14-4-3-5-15(10-14)17(18,19)20/h3-5,10,13,16,23H,6-9,11-12H2,1-2H3. The molecule has 1 aromatic carbocycles.